The van der Waals surface area contributed by atoms with Crippen LogP contribution in [0.3, 0.4) is 0 Å². The van der Waals surface area contributed by atoms with Gasteiger partial charge in [0.2, 0.25) is 10.0 Å². The molecule has 1 atom stereocenters. The summed E-state index contributed by atoms with van der Waals surface area (Å²) in [7, 11) is -1.82. The summed E-state index contributed by atoms with van der Waals surface area (Å²) < 4.78 is 28.1. The van der Waals surface area contributed by atoms with E-state index in [1.165, 1.54) is 4.31 Å². The Labute approximate surface area is 136 Å². The third kappa shape index (κ3) is 4.20. The summed E-state index contributed by atoms with van der Waals surface area (Å²) in [5, 5.41) is 0. The van der Waals surface area contributed by atoms with Crippen molar-refractivity contribution in [2.45, 2.75) is 24.3 Å². The van der Waals surface area contributed by atoms with Crippen molar-refractivity contribution in [2.75, 3.05) is 19.1 Å². The maximum absolute atomic E-state index is 12.6. The standard InChI is InChI=1S/C12H17Br2NO2S2/c1-4-10(8-18-3)15(2)19(16,17)12-6-5-9(13)7-11(12)14/h5-7,10H,4,8H2,1-3H3. The lowest BCUT2D eigenvalue weighted by Gasteiger charge is -2.26. The van der Waals surface area contributed by atoms with Crippen LogP contribution in [0.15, 0.2) is 32.0 Å². The SMILES string of the molecule is CCC(CSC)N(C)S(=O)(=O)c1ccc(Br)cc1Br. The lowest BCUT2D eigenvalue weighted by Crippen LogP contribution is -2.38. The number of thioether (sulfide) groups is 1. The van der Waals surface area contributed by atoms with Gasteiger partial charge in [-0.2, -0.15) is 16.1 Å². The van der Waals surface area contributed by atoms with Gasteiger partial charge in [-0.05, 0) is 46.8 Å². The summed E-state index contributed by atoms with van der Waals surface area (Å²) in [4.78, 5) is 0.303. The third-order valence-electron chi connectivity index (χ3n) is 2.90. The molecule has 0 spiro atoms. The molecule has 19 heavy (non-hydrogen) atoms. The van der Waals surface area contributed by atoms with Crippen LogP contribution in [-0.4, -0.2) is 37.8 Å². The van der Waals surface area contributed by atoms with Crippen molar-refractivity contribution in [3.63, 3.8) is 0 Å². The number of sulfonamides is 1. The first-order valence-corrected chi connectivity index (χ1v) is 10.2. The molecule has 0 fully saturated rings. The van der Waals surface area contributed by atoms with Gasteiger partial charge in [0, 0.05) is 27.8 Å². The molecule has 0 saturated heterocycles. The highest BCUT2D eigenvalue weighted by Crippen LogP contribution is 2.29. The summed E-state index contributed by atoms with van der Waals surface area (Å²) >= 11 is 8.30. The van der Waals surface area contributed by atoms with Crippen LogP contribution >= 0.6 is 43.6 Å². The summed E-state index contributed by atoms with van der Waals surface area (Å²) in [5.74, 6) is 0.792. The van der Waals surface area contributed by atoms with Crippen LogP contribution in [0.4, 0.5) is 0 Å². The van der Waals surface area contributed by atoms with Crippen molar-refractivity contribution in [2.24, 2.45) is 0 Å². The second-order valence-electron chi connectivity index (χ2n) is 4.11. The fourth-order valence-electron chi connectivity index (χ4n) is 1.71. The molecule has 1 unspecified atom stereocenters. The van der Waals surface area contributed by atoms with E-state index >= 15 is 0 Å². The van der Waals surface area contributed by atoms with Crippen molar-refractivity contribution in [1.82, 2.24) is 4.31 Å². The van der Waals surface area contributed by atoms with Gasteiger partial charge in [-0.1, -0.05) is 22.9 Å². The van der Waals surface area contributed by atoms with Gasteiger partial charge in [0.05, 0.1) is 4.90 Å². The van der Waals surface area contributed by atoms with Gasteiger partial charge in [0.15, 0.2) is 0 Å². The van der Waals surface area contributed by atoms with E-state index < -0.39 is 10.0 Å². The second-order valence-corrected chi connectivity index (χ2v) is 8.76. The fourth-order valence-corrected chi connectivity index (χ4v) is 5.78. The van der Waals surface area contributed by atoms with Crippen molar-refractivity contribution >= 4 is 53.6 Å². The normalized spacial score (nSPS) is 13.8. The van der Waals surface area contributed by atoms with E-state index in [4.69, 9.17) is 0 Å². The smallest absolute Gasteiger partial charge is 0.207 e. The van der Waals surface area contributed by atoms with Gasteiger partial charge in [-0.25, -0.2) is 8.42 Å². The van der Waals surface area contributed by atoms with Crippen LogP contribution in [0.25, 0.3) is 0 Å². The summed E-state index contributed by atoms with van der Waals surface area (Å²) in [5.41, 5.74) is 0. The molecule has 0 radical (unpaired) electrons. The van der Waals surface area contributed by atoms with Crippen LogP contribution < -0.4 is 0 Å². The number of halogens is 2. The maximum Gasteiger partial charge on any atom is 0.244 e. The molecule has 3 nitrogen and oxygen atoms in total. The molecule has 0 aliphatic carbocycles. The zero-order valence-corrected chi connectivity index (χ0v) is 15.9. The number of nitrogens with zero attached hydrogens (tertiary/aromatic N) is 1. The van der Waals surface area contributed by atoms with Crippen LogP contribution in [0.2, 0.25) is 0 Å². The second kappa shape index (κ2) is 7.45. The van der Waals surface area contributed by atoms with Crippen LogP contribution in [0, 0.1) is 0 Å². The average molecular weight is 431 g/mol. The van der Waals surface area contributed by atoms with E-state index in [0.717, 1.165) is 16.6 Å². The topological polar surface area (TPSA) is 37.4 Å². The summed E-state index contributed by atoms with van der Waals surface area (Å²) in [6.45, 7) is 2.00. The van der Waals surface area contributed by atoms with Gasteiger partial charge in [0.1, 0.15) is 0 Å². The van der Waals surface area contributed by atoms with E-state index in [2.05, 4.69) is 31.9 Å². The van der Waals surface area contributed by atoms with Crippen molar-refractivity contribution in [1.29, 1.82) is 0 Å². The molecule has 1 aromatic rings. The van der Waals surface area contributed by atoms with E-state index in [-0.39, 0.29) is 6.04 Å². The molecule has 0 heterocycles. The lowest BCUT2D eigenvalue weighted by atomic mass is 10.3. The minimum Gasteiger partial charge on any atom is -0.207 e. The first-order chi connectivity index (χ1) is 8.84. The molecule has 0 N–H and O–H groups in total. The molecular weight excluding hydrogens is 414 g/mol. The minimum absolute atomic E-state index is 0.00977. The van der Waals surface area contributed by atoms with Gasteiger partial charge in [-0.3, -0.25) is 0 Å². The lowest BCUT2D eigenvalue weighted by molar-refractivity contribution is 0.385. The van der Waals surface area contributed by atoms with Gasteiger partial charge in [0.25, 0.3) is 0 Å². The molecule has 1 rings (SSSR count). The highest BCUT2D eigenvalue weighted by Gasteiger charge is 2.28. The molecular formula is C12H17Br2NO2S2. The van der Waals surface area contributed by atoms with Crippen molar-refractivity contribution in [3.05, 3.63) is 27.1 Å². The predicted octanol–water partition coefficient (Wildman–Crippen LogP) is 3.97. The summed E-state index contributed by atoms with van der Waals surface area (Å²) in [6.07, 6.45) is 2.78. The first-order valence-electron chi connectivity index (χ1n) is 5.76. The largest absolute Gasteiger partial charge is 0.244 e. The van der Waals surface area contributed by atoms with E-state index in [0.29, 0.717) is 9.37 Å². The number of benzene rings is 1. The molecule has 0 aromatic heterocycles. The van der Waals surface area contributed by atoms with Crippen molar-refractivity contribution in [3.8, 4) is 0 Å². The van der Waals surface area contributed by atoms with Gasteiger partial charge in [-0.15, -0.1) is 0 Å². The van der Waals surface area contributed by atoms with Gasteiger partial charge < -0.3 is 0 Å². The Bertz CT molecular complexity index is 535. The zero-order chi connectivity index (χ0) is 14.6. The maximum atomic E-state index is 12.6. The predicted molar refractivity (Wildman–Crippen MR) is 89.3 cm³/mol. The first kappa shape index (κ1) is 17.5. The minimum atomic E-state index is -3.47. The van der Waals surface area contributed by atoms with Crippen LogP contribution in [-0.2, 0) is 10.0 Å². The molecule has 1 aromatic carbocycles. The Hall–Kier alpha value is 0.440. The fraction of sp³-hybridized carbons (Fsp3) is 0.500. The third-order valence-corrected chi connectivity index (χ3v) is 6.99. The molecule has 7 heteroatoms. The quantitative estimate of drug-likeness (QED) is 0.684. The monoisotopic (exact) mass is 429 g/mol. The molecule has 108 valence electrons. The van der Waals surface area contributed by atoms with E-state index in [1.807, 2.05) is 13.2 Å². The number of hydrogen-bond donors (Lipinski definition) is 0. The Kier molecular flexibility index (Phi) is 6.86. The molecule has 0 saturated carbocycles. The molecule has 0 amide bonds. The molecule has 0 bridgehead atoms. The molecule has 0 aliphatic rings. The molecule has 0 aliphatic heterocycles. The van der Waals surface area contributed by atoms with Crippen LogP contribution in [0.5, 0.6) is 0 Å². The Morgan fingerprint density at radius 1 is 1.37 bits per heavy atom. The Balaban J connectivity index is 3.15. The van der Waals surface area contributed by atoms with Crippen LogP contribution in [0.1, 0.15) is 13.3 Å². The van der Waals surface area contributed by atoms with Gasteiger partial charge >= 0.3 is 0 Å². The Morgan fingerprint density at radius 2 is 2.00 bits per heavy atom. The summed E-state index contributed by atoms with van der Waals surface area (Å²) in [6, 6.07) is 5.11. The highest BCUT2D eigenvalue weighted by molar-refractivity contribution is 9.11. The van der Waals surface area contributed by atoms with E-state index in [1.54, 1.807) is 37.0 Å². The zero-order valence-electron chi connectivity index (χ0n) is 11.1. The van der Waals surface area contributed by atoms with E-state index in [9.17, 15) is 8.42 Å². The average Bonchev–Trinajstić information content (AvgIpc) is 2.34. The highest BCUT2D eigenvalue weighted by atomic mass is 79.9. The number of rotatable bonds is 6. The number of hydrogen-bond acceptors (Lipinski definition) is 3. The Morgan fingerprint density at radius 3 is 2.47 bits per heavy atom. The van der Waals surface area contributed by atoms with Crippen molar-refractivity contribution < 1.29 is 8.42 Å².